The smallest absolute Gasteiger partial charge is 0.230 e. The molecule has 1 aliphatic rings. The molecule has 4 heteroatoms. The second-order valence-corrected chi connectivity index (χ2v) is 2.64. The van der Waals surface area contributed by atoms with Crippen LogP contribution in [0.5, 0.6) is 0 Å². The van der Waals surface area contributed by atoms with Crippen LogP contribution in [0.15, 0.2) is 11.5 Å². The Labute approximate surface area is 70.5 Å². The van der Waals surface area contributed by atoms with Gasteiger partial charge < -0.3 is 9.47 Å². The van der Waals surface area contributed by atoms with Crippen molar-refractivity contribution in [2.75, 3.05) is 17.5 Å². The van der Waals surface area contributed by atoms with Crippen LogP contribution in [-0.4, -0.2) is 17.5 Å². The average molecular weight is 258 g/mol. The van der Waals surface area contributed by atoms with Crippen LogP contribution in [0.25, 0.3) is 0 Å². The quantitative estimate of drug-likeness (QED) is 0.705. The molecule has 2 nitrogen and oxygen atoms in total. The van der Waals surface area contributed by atoms with Crippen LogP contribution in [0.1, 0.15) is 0 Å². The summed E-state index contributed by atoms with van der Waals surface area (Å²) in [5.74, 6) is 1.79. The van der Waals surface area contributed by atoms with Crippen LogP contribution in [0, 0.1) is 0 Å². The summed E-state index contributed by atoms with van der Waals surface area (Å²) < 4.78 is 10.2. The van der Waals surface area contributed by atoms with Gasteiger partial charge in [-0.3, -0.25) is 0 Å². The lowest BCUT2D eigenvalue weighted by atomic mass is 10.5. The predicted molar refractivity (Wildman–Crippen MR) is 41.7 cm³/mol. The summed E-state index contributed by atoms with van der Waals surface area (Å²) in [6, 6.07) is 0. The summed E-state index contributed by atoms with van der Waals surface area (Å²) >= 11 is 6.55. The third-order valence-electron chi connectivity index (χ3n) is 1.02. The molecule has 0 saturated carbocycles. The van der Waals surface area contributed by atoms with Crippen molar-refractivity contribution < 1.29 is 9.47 Å². The minimum atomic E-state index is 0.363. The van der Waals surface area contributed by atoms with Crippen molar-refractivity contribution >= 4 is 31.9 Å². The fourth-order valence-corrected chi connectivity index (χ4v) is 1.51. The van der Waals surface area contributed by atoms with Gasteiger partial charge in [-0.1, -0.05) is 31.9 Å². The molecule has 1 rings (SSSR count). The molecule has 0 N–H and O–H groups in total. The maximum absolute atomic E-state index is 5.09. The Morgan fingerprint density at radius 1 is 1.11 bits per heavy atom. The molecule has 9 heavy (non-hydrogen) atoms. The first kappa shape index (κ1) is 7.41. The number of hydrogen-bond acceptors (Lipinski definition) is 2. The zero-order valence-corrected chi connectivity index (χ0v) is 7.87. The molecule has 0 fully saturated rings. The molecule has 1 heterocycles. The molecular weight excluding hydrogens is 252 g/mol. The van der Waals surface area contributed by atoms with E-state index in [1.54, 1.807) is 0 Å². The van der Waals surface area contributed by atoms with E-state index in [1.807, 2.05) is 0 Å². The zero-order chi connectivity index (χ0) is 6.69. The Balaban J connectivity index is 2.59. The lowest BCUT2D eigenvalue weighted by Gasteiger charge is -1.93. The van der Waals surface area contributed by atoms with Crippen molar-refractivity contribution in [2.24, 2.45) is 0 Å². The van der Waals surface area contributed by atoms with E-state index in [0.29, 0.717) is 6.79 Å². The summed E-state index contributed by atoms with van der Waals surface area (Å²) in [4.78, 5) is 0. The summed E-state index contributed by atoms with van der Waals surface area (Å²) in [5, 5.41) is 1.46. The van der Waals surface area contributed by atoms with Gasteiger partial charge in [-0.15, -0.1) is 0 Å². The third kappa shape index (κ3) is 1.61. The average Bonchev–Trinajstić information content (AvgIpc) is 2.33. The van der Waals surface area contributed by atoms with Gasteiger partial charge in [0.2, 0.25) is 6.79 Å². The Morgan fingerprint density at radius 3 is 1.89 bits per heavy atom. The summed E-state index contributed by atoms with van der Waals surface area (Å²) in [5.41, 5.74) is 0. The largest absolute Gasteiger partial charge is 0.457 e. The first-order chi connectivity index (χ1) is 4.38. The van der Waals surface area contributed by atoms with Crippen molar-refractivity contribution in [3.05, 3.63) is 11.5 Å². The van der Waals surface area contributed by atoms with Gasteiger partial charge in [0.25, 0.3) is 0 Å². The number of allylic oxidation sites excluding steroid dienone is 2. The second kappa shape index (κ2) is 3.46. The molecule has 0 radical (unpaired) electrons. The maximum Gasteiger partial charge on any atom is 0.230 e. The van der Waals surface area contributed by atoms with E-state index in [1.165, 1.54) is 0 Å². The molecule has 0 amide bonds. The molecule has 0 saturated heterocycles. The van der Waals surface area contributed by atoms with E-state index in [0.717, 1.165) is 22.2 Å². The number of rotatable bonds is 2. The predicted octanol–water partition coefficient (Wildman–Crippen LogP) is 1.99. The minimum absolute atomic E-state index is 0.363. The summed E-state index contributed by atoms with van der Waals surface area (Å²) in [6.45, 7) is 0.363. The lowest BCUT2D eigenvalue weighted by Crippen LogP contribution is -1.87. The standard InChI is InChI=1S/C5H6Br2O2/c6-1-4-5(2-7)9-3-8-4/h1-3H2. The Kier molecular flexibility index (Phi) is 2.85. The molecule has 0 aliphatic carbocycles. The van der Waals surface area contributed by atoms with E-state index in [4.69, 9.17) is 9.47 Å². The van der Waals surface area contributed by atoms with Crippen LogP contribution < -0.4 is 0 Å². The normalized spacial score (nSPS) is 17.6. The third-order valence-corrected chi connectivity index (χ3v) is 2.04. The number of halogens is 2. The van der Waals surface area contributed by atoms with Crippen molar-refractivity contribution in [2.45, 2.75) is 0 Å². The van der Waals surface area contributed by atoms with Gasteiger partial charge >= 0.3 is 0 Å². The van der Waals surface area contributed by atoms with Gasteiger partial charge in [0.1, 0.15) is 11.5 Å². The molecule has 52 valence electrons. The van der Waals surface area contributed by atoms with Crippen LogP contribution in [-0.2, 0) is 9.47 Å². The minimum Gasteiger partial charge on any atom is -0.457 e. The molecule has 0 atom stereocenters. The van der Waals surface area contributed by atoms with Crippen LogP contribution in [0.3, 0.4) is 0 Å². The topological polar surface area (TPSA) is 18.5 Å². The number of hydrogen-bond donors (Lipinski definition) is 0. The van der Waals surface area contributed by atoms with Crippen molar-refractivity contribution in [3.8, 4) is 0 Å². The van der Waals surface area contributed by atoms with Crippen molar-refractivity contribution in [3.63, 3.8) is 0 Å². The molecular formula is C5H6Br2O2. The fraction of sp³-hybridized carbons (Fsp3) is 0.600. The lowest BCUT2D eigenvalue weighted by molar-refractivity contribution is 0.0735. The SMILES string of the molecule is BrCC1=C(CBr)OCO1. The van der Waals surface area contributed by atoms with Crippen LogP contribution >= 0.6 is 31.9 Å². The number of ether oxygens (including phenoxy) is 2. The fourth-order valence-electron chi connectivity index (χ4n) is 0.559. The van der Waals surface area contributed by atoms with Gasteiger partial charge in [-0.05, 0) is 0 Å². The monoisotopic (exact) mass is 256 g/mol. The van der Waals surface area contributed by atoms with Crippen LogP contribution in [0.4, 0.5) is 0 Å². The maximum atomic E-state index is 5.09. The van der Waals surface area contributed by atoms with Crippen LogP contribution in [0.2, 0.25) is 0 Å². The molecule has 0 aromatic rings. The molecule has 0 unspecified atom stereocenters. The van der Waals surface area contributed by atoms with Gasteiger partial charge in [0, 0.05) is 0 Å². The van der Waals surface area contributed by atoms with Gasteiger partial charge in [0.05, 0.1) is 10.7 Å². The summed E-state index contributed by atoms with van der Waals surface area (Å²) in [6.07, 6.45) is 0. The molecule has 0 spiro atoms. The highest BCUT2D eigenvalue weighted by atomic mass is 79.9. The van der Waals surface area contributed by atoms with Gasteiger partial charge in [-0.25, -0.2) is 0 Å². The Hall–Kier alpha value is 0.300. The highest BCUT2D eigenvalue weighted by Gasteiger charge is 2.13. The Morgan fingerprint density at radius 2 is 1.56 bits per heavy atom. The Bertz CT molecular complexity index is 119. The van der Waals surface area contributed by atoms with E-state index in [2.05, 4.69) is 31.9 Å². The van der Waals surface area contributed by atoms with Crippen molar-refractivity contribution in [1.29, 1.82) is 0 Å². The highest BCUT2D eigenvalue weighted by Crippen LogP contribution is 2.19. The van der Waals surface area contributed by atoms with E-state index in [9.17, 15) is 0 Å². The molecule has 0 aromatic heterocycles. The number of alkyl halides is 2. The first-order valence-electron chi connectivity index (χ1n) is 2.48. The van der Waals surface area contributed by atoms with Crippen molar-refractivity contribution in [1.82, 2.24) is 0 Å². The molecule has 1 aliphatic heterocycles. The van der Waals surface area contributed by atoms with Gasteiger partial charge in [0.15, 0.2) is 0 Å². The summed E-state index contributed by atoms with van der Waals surface area (Å²) in [7, 11) is 0. The molecule has 0 aromatic carbocycles. The van der Waals surface area contributed by atoms with E-state index >= 15 is 0 Å². The van der Waals surface area contributed by atoms with E-state index in [-0.39, 0.29) is 0 Å². The van der Waals surface area contributed by atoms with Gasteiger partial charge in [-0.2, -0.15) is 0 Å². The zero-order valence-electron chi connectivity index (χ0n) is 4.69. The molecule has 0 bridgehead atoms. The highest BCUT2D eigenvalue weighted by molar-refractivity contribution is 9.09. The van der Waals surface area contributed by atoms with E-state index < -0.39 is 0 Å². The second-order valence-electron chi connectivity index (χ2n) is 1.52. The first-order valence-corrected chi connectivity index (χ1v) is 4.72.